The van der Waals surface area contributed by atoms with Gasteiger partial charge in [-0.15, -0.1) is 0 Å². The highest BCUT2D eigenvalue weighted by Gasteiger charge is 2.12. The molecule has 0 aliphatic rings. The van der Waals surface area contributed by atoms with Gasteiger partial charge in [-0.25, -0.2) is 5.43 Å². The number of nitrogens with zero attached hydrogens (tertiary/aromatic N) is 2. The Morgan fingerprint density at radius 2 is 1.96 bits per heavy atom. The summed E-state index contributed by atoms with van der Waals surface area (Å²) < 4.78 is 10.5. The molecule has 2 aromatic carbocycles. The molecule has 3 N–H and O–H groups in total. The molecule has 8 nitrogen and oxygen atoms in total. The molecule has 0 saturated heterocycles. The van der Waals surface area contributed by atoms with Crippen LogP contribution in [0.25, 0.3) is 11.3 Å². The first-order chi connectivity index (χ1) is 13.1. The fourth-order valence-corrected chi connectivity index (χ4v) is 2.41. The van der Waals surface area contributed by atoms with E-state index >= 15 is 0 Å². The van der Waals surface area contributed by atoms with Crippen LogP contribution in [0.4, 0.5) is 0 Å². The highest BCUT2D eigenvalue weighted by Crippen LogP contribution is 2.31. The number of ether oxygens (including phenoxy) is 2. The maximum absolute atomic E-state index is 12.2. The molecule has 0 aliphatic heterocycles. The second-order valence-electron chi connectivity index (χ2n) is 5.53. The number of hydrogen-bond donors (Lipinski definition) is 3. The number of phenolic OH excluding ortho intramolecular Hbond substituents is 1. The number of carbonyl (C=O) groups excluding carboxylic acids is 1. The Labute approximate surface area is 155 Å². The van der Waals surface area contributed by atoms with E-state index in [9.17, 15) is 9.90 Å². The number of hydrogen-bond acceptors (Lipinski definition) is 6. The molecule has 0 bridgehead atoms. The molecule has 0 fully saturated rings. The topological polar surface area (TPSA) is 109 Å². The third-order valence-corrected chi connectivity index (χ3v) is 3.75. The first-order valence-electron chi connectivity index (χ1n) is 8.01. The lowest BCUT2D eigenvalue weighted by atomic mass is 10.1. The second kappa shape index (κ2) is 8.05. The number of methoxy groups -OCH3 is 2. The summed E-state index contributed by atoms with van der Waals surface area (Å²) in [6.07, 6.45) is 1.43. The summed E-state index contributed by atoms with van der Waals surface area (Å²) >= 11 is 0. The van der Waals surface area contributed by atoms with Crippen molar-refractivity contribution >= 4 is 12.1 Å². The standard InChI is InChI=1S/C19H18N4O4/c1-26-17-7-6-13(9-18(17)27-2)15-10-16(22-21-15)19(25)23-20-11-12-4-3-5-14(24)8-12/h3-11,24H,1-2H3,(H,21,22)(H,23,25)/b20-11-. The van der Waals surface area contributed by atoms with Gasteiger partial charge in [-0.05, 0) is 42.0 Å². The largest absolute Gasteiger partial charge is 0.508 e. The molecule has 1 amide bonds. The molecule has 0 aliphatic carbocycles. The predicted molar refractivity (Wildman–Crippen MR) is 100 cm³/mol. The van der Waals surface area contributed by atoms with Gasteiger partial charge in [0, 0.05) is 5.56 Å². The Morgan fingerprint density at radius 1 is 1.15 bits per heavy atom. The highest BCUT2D eigenvalue weighted by atomic mass is 16.5. The van der Waals surface area contributed by atoms with Crippen molar-refractivity contribution in [3.8, 4) is 28.5 Å². The zero-order chi connectivity index (χ0) is 19.2. The van der Waals surface area contributed by atoms with Gasteiger partial charge in [0.25, 0.3) is 5.91 Å². The zero-order valence-corrected chi connectivity index (χ0v) is 14.8. The Balaban J connectivity index is 1.70. The molecule has 27 heavy (non-hydrogen) atoms. The van der Waals surface area contributed by atoms with Crippen LogP contribution >= 0.6 is 0 Å². The molecule has 3 rings (SSSR count). The van der Waals surface area contributed by atoms with Gasteiger partial charge in [0.2, 0.25) is 0 Å². The summed E-state index contributed by atoms with van der Waals surface area (Å²) in [7, 11) is 3.11. The van der Waals surface area contributed by atoms with Gasteiger partial charge in [-0.2, -0.15) is 10.2 Å². The van der Waals surface area contributed by atoms with Gasteiger partial charge >= 0.3 is 0 Å². The Morgan fingerprint density at radius 3 is 2.70 bits per heavy atom. The van der Waals surface area contributed by atoms with Crippen LogP contribution in [-0.2, 0) is 0 Å². The van der Waals surface area contributed by atoms with Crippen molar-refractivity contribution in [2.75, 3.05) is 14.2 Å². The van der Waals surface area contributed by atoms with Crippen LogP contribution in [0.15, 0.2) is 53.6 Å². The molecular formula is C19H18N4O4. The summed E-state index contributed by atoms with van der Waals surface area (Å²) in [6.45, 7) is 0. The van der Waals surface area contributed by atoms with Crippen LogP contribution < -0.4 is 14.9 Å². The smallest absolute Gasteiger partial charge is 0.289 e. The number of aromatic hydroxyl groups is 1. The third kappa shape index (κ3) is 4.24. The van der Waals surface area contributed by atoms with E-state index in [4.69, 9.17) is 9.47 Å². The van der Waals surface area contributed by atoms with Gasteiger partial charge in [0.15, 0.2) is 11.5 Å². The molecule has 0 spiro atoms. The minimum atomic E-state index is -0.439. The minimum Gasteiger partial charge on any atom is -0.508 e. The molecule has 138 valence electrons. The van der Waals surface area contributed by atoms with E-state index in [2.05, 4.69) is 20.7 Å². The molecule has 1 aromatic heterocycles. The molecule has 0 atom stereocenters. The molecule has 1 heterocycles. The van der Waals surface area contributed by atoms with E-state index in [1.54, 1.807) is 50.6 Å². The number of nitrogens with one attached hydrogen (secondary N) is 2. The van der Waals surface area contributed by atoms with E-state index in [-0.39, 0.29) is 11.4 Å². The fraction of sp³-hybridized carbons (Fsp3) is 0.105. The van der Waals surface area contributed by atoms with E-state index in [0.29, 0.717) is 22.8 Å². The second-order valence-corrected chi connectivity index (χ2v) is 5.53. The van der Waals surface area contributed by atoms with Crippen LogP contribution in [0.2, 0.25) is 0 Å². The summed E-state index contributed by atoms with van der Waals surface area (Å²) in [5.74, 6) is 0.861. The van der Waals surface area contributed by atoms with Crippen LogP contribution in [0, 0.1) is 0 Å². The molecule has 0 saturated carbocycles. The number of aromatic nitrogens is 2. The molecule has 8 heteroatoms. The average molecular weight is 366 g/mol. The lowest BCUT2D eigenvalue weighted by molar-refractivity contribution is 0.0950. The third-order valence-electron chi connectivity index (χ3n) is 3.75. The summed E-state index contributed by atoms with van der Waals surface area (Å²) in [4.78, 5) is 12.2. The quantitative estimate of drug-likeness (QED) is 0.459. The van der Waals surface area contributed by atoms with Crippen molar-refractivity contribution in [1.29, 1.82) is 0 Å². The number of carbonyl (C=O) groups is 1. The van der Waals surface area contributed by atoms with Crippen molar-refractivity contribution in [3.05, 3.63) is 59.8 Å². The van der Waals surface area contributed by atoms with Crippen LogP contribution in [-0.4, -0.2) is 41.6 Å². The summed E-state index contributed by atoms with van der Waals surface area (Å²) in [6, 6.07) is 13.5. The van der Waals surface area contributed by atoms with Gasteiger partial charge in [-0.1, -0.05) is 12.1 Å². The van der Waals surface area contributed by atoms with Crippen molar-refractivity contribution in [3.63, 3.8) is 0 Å². The molecule has 3 aromatic rings. The number of hydrazone groups is 1. The van der Waals surface area contributed by atoms with Crippen LogP contribution in [0.5, 0.6) is 17.2 Å². The predicted octanol–water partition coefficient (Wildman–Crippen LogP) is 2.56. The van der Waals surface area contributed by atoms with Crippen molar-refractivity contribution in [2.24, 2.45) is 5.10 Å². The zero-order valence-electron chi connectivity index (χ0n) is 14.8. The molecular weight excluding hydrogens is 348 g/mol. The van der Waals surface area contributed by atoms with Gasteiger partial charge in [0.1, 0.15) is 11.4 Å². The first kappa shape index (κ1) is 18.0. The fourth-order valence-electron chi connectivity index (χ4n) is 2.41. The highest BCUT2D eigenvalue weighted by molar-refractivity contribution is 5.94. The number of aromatic amines is 1. The first-order valence-corrected chi connectivity index (χ1v) is 8.01. The van der Waals surface area contributed by atoms with Gasteiger partial charge in [0.05, 0.1) is 26.1 Å². The molecule has 0 radical (unpaired) electrons. The number of rotatable bonds is 6. The number of amides is 1. The molecule has 0 unspecified atom stereocenters. The lowest BCUT2D eigenvalue weighted by Crippen LogP contribution is -2.17. The maximum Gasteiger partial charge on any atom is 0.289 e. The van der Waals surface area contributed by atoms with E-state index in [0.717, 1.165) is 5.56 Å². The lowest BCUT2D eigenvalue weighted by Gasteiger charge is -2.08. The normalized spacial score (nSPS) is 10.7. The van der Waals surface area contributed by atoms with Crippen molar-refractivity contribution in [1.82, 2.24) is 15.6 Å². The van der Waals surface area contributed by atoms with E-state index < -0.39 is 5.91 Å². The average Bonchev–Trinajstić information content (AvgIpc) is 3.17. The minimum absolute atomic E-state index is 0.124. The maximum atomic E-state index is 12.2. The Bertz CT molecular complexity index is 981. The van der Waals surface area contributed by atoms with E-state index in [1.165, 1.54) is 12.3 Å². The monoisotopic (exact) mass is 366 g/mol. The van der Waals surface area contributed by atoms with Crippen molar-refractivity contribution in [2.45, 2.75) is 0 Å². The van der Waals surface area contributed by atoms with Crippen LogP contribution in [0.3, 0.4) is 0 Å². The van der Waals surface area contributed by atoms with E-state index in [1.807, 2.05) is 6.07 Å². The SMILES string of the molecule is COc1ccc(-c2cc(C(=O)N/N=C\c3cccc(O)c3)[nH]n2)cc1OC. The summed E-state index contributed by atoms with van der Waals surface area (Å²) in [5, 5.41) is 20.1. The summed E-state index contributed by atoms with van der Waals surface area (Å²) in [5.41, 5.74) is 4.67. The van der Waals surface area contributed by atoms with Gasteiger partial charge in [-0.3, -0.25) is 9.89 Å². The van der Waals surface area contributed by atoms with Crippen LogP contribution in [0.1, 0.15) is 16.1 Å². The Kier molecular flexibility index (Phi) is 5.36. The van der Waals surface area contributed by atoms with Crippen molar-refractivity contribution < 1.29 is 19.4 Å². The number of benzene rings is 2. The van der Waals surface area contributed by atoms with Gasteiger partial charge < -0.3 is 14.6 Å². The Hall–Kier alpha value is -3.81. The number of H-pyrrole nitrogens is 1. The number of phenols is 1.